The van der Waals surface area contributed by atoms with Crippen molar-refractivity contribution in [2.75, 3.05) is 0 Å². The molecule has 1 rings (SSSR count). The maximum atomic E-state index is 6.00. The molecule has 0 saturated heterocycles. The Bertz CT molecular complexity index is 408. The normalized spacial score (nSPS) is 12.6. The smallest absolute Gasteiger partial charge is 0.242 e. The Kier molecular flexibility index (Phi) is 5.23. The van der Waals surface area contributed by atoms with Crippen LogP contribution in [0.15, 0.2) is 22.7 Å². The van der Waals surface area contributed by atoms with Gasteiger partial charge in [-0.05, 0) is 63.0 Å². The van der Waals surface area contributed by atoms with E-state index in [2.05, 4.69) is 61.3 Å². The fourth-order valence-corrected chi connectivity index (χ4v) is 3.16. The Balaban J connectivity index is 2.82. The van der Waals surface area contributed by atoms with Gasteiger partial charge < -0.3 is 8.85 Å². The monoisotopic (exact) mass is 346 g/mol. The fraction of sp³-hybridized carbons (Fsp3) is 0.538. The first-order valence-corrected chi connectivity index (χ1v) is 13.8. The van der Waals surface area contributed by atoms with Crippen molar-refractivity contribution in [3.8, 4) is 5.75 Å². The molecule has 0 atom stereocenters. The predicted octanol–water partition coefficient (Wildman–Crippen LogP) is 5.01. The Morgan fingerprint density at radius 3 is 2.11 bits per heavy atom. The van der Waals surface area contributed by atoms with Crippen molar-refractivity contribution in [2.24, 2.45) is 0 Å². The zero-order valence-electron chi connectivity index (χ0n) is 12.1. The van der Waals surface area contributed by atoms with E-state index in [1.807, 2.05) is 12.1 Å². The van der Waals surface area contributed by atoms with E-state index in [4.69, 9.17) is 8.85 Å². The molecule has 0 amide bonds. The molecule has 0 aliphatic rings. The summed E-state index contributed by atoms with van der Waals surface area (Å²) in [6, 6.07) is 6.14. The summed E-state index contributed by atoms with van der Waals surface area (Å²) in [6.07, 6.45) is 0. The summed E-state index contributed by atoms with van der Waals surface area (Å²) in [7, 11) is -3.03. The molecule has 5 heteroatoms. The van der Waals surface area contributed by atoms with Crippen LogP contribution in [0.2, 0.25) is 39.3 Å². The SMILES string of the molecule is C[Si](C)(C)OCc1cc(O[Si](C)(C)C)ccc1Br. The minimum atomic E-state index is -1.55. The van der Waals surface area contributed by atoms with Crippen molar-refractivity contribution >= 4 is 32.6 Å². The largest absolute Gasteiger partial charge is 0.544 e. The van der Waals surface area contributed by atoms with Crippen LogP contribution >= 0.6 is 15.9 Å². The van der Waals surface area contributed by atoms with Crippen LogP contribution in [-0.4, -0.2) is 16.6 Å². The van der Waals surface area contributed by atoms with Gasteiger partial charge in [0.2, 0.25) is 8.32 Å². The molecule has 0 N–H and O–H groups in total. The molecule has 0 fully saturated rings. The molecule has 0 aromatic heterocycles. The Labute approximate surface area is 121 Å². The van der Waals surface area contributed by atoms with Crippen LogP contribution in [0.5, 0.6) is 5.75 Å². The quantitative estimate of drug-likeness (QED) is 0.697. The lowest BCUT2D eigenvalue weighted by molar-refractivity contribution is 0.298. The second-order valence-electron chi connectivity index (χ2n) is 6.37. The van der Waals surface area contributed by atoms with Gasteiger partial charge in [-0.1, -0.05) is 15.9 Å². The van der Waals surface area contributed by atoms with Gasteiger partial charge >= 0.3 is 0 Å². The van der Waals surface area contributed by atoms with E-state index >= 15 is 0 Å². The highest BCUT2D eigenvalue weighted by molar-refractivity contribution is 9.10. The third kappa shape index (κ3) is 6.18. The van der Waals surface area contributed by atoms with Crippen LogP contribution in [0.1, 0.15) is 5.56 Å². The van der Waals surface area contributed by atoms with Gasteiger partial charge in [0.1, 0.15) is 5.75 Å². The minimum Gasteiger partial charge on any atom is -0.544 e. The molecule has 102 valence electrons. The van der Waals surface area contributed by atoms with Crippen LogP contribution in [-0.2, 0) is 11.0 Å². The first-order chi connectivity index (χ1) is 8.07. The molecule has 2 nitrogen and oxygen atoms in total. The molecule has 0 spiro atoms. The number of benzene rings is 1. The van der Waals surface area contributed by atoms with Gasteiger partial charge in [0, 0.05) is 4.47 Å². The zero-order chi connectivity index (χ0) is 14.0. The molecule has 18 heavy (non-hydrogen) atoms. The highest BCUT2D eigenvalue weighted by Gasteiger charge is 2.18. The number of rotatable bonds is 5. The molecule has 0 unspecified atom stereocenters. The molecular formula is C13H23BrO2Si2. The lowest BCUT2D eigenvalue weighted by Gasteiger charge is -2.21. The van der Waals surface area contributed by atoms with Gasteiger partial charge in [-0.15, -0.1) is 0 Å². The van der Waals surface area contributed by atoms with Crippen molar-refractivity contribution in [1.82, 2.24) is 0 Å². The number of hydrogen-bond donors (Lipinski definition) is 0. The lowest BCUT2D eigenvalue weighted by atomic mass is 10.2. The van der Waals surface area contributed by atoms with Crippen molar-refractivity contribution < 1.29 is 8.85 Å². The molecule has 0 aliphatic carbocycles. The Morgan fingerprint density at radius 1 is 1.00 bits per heavy atom. The number of halogens is 1. The van der Waals surface area contributed by atoms with E-state index in [9.17, 15) is 0 Å². The second-order valence-corrected chi connectivity index (χ2v) is 16.2. The van der Waals surface area contributed by atoms with E-state index in [0.29, 0.717) is 6.61 Å². The summed E-state index contributed by atoms with van der Waals surface area (Å²) in [5.74, 6) is 0.951. The third-order valence-electron chi connectivity index (χ3n) is 2.10. The zero-order valence-corrected chi connectivity index (χ0v) is 15.7. The summed E-state index contributed by atoms with van der Waals surface area (Å²) in [6.45, 7) is 13.8. The second kappa shape index (κ2) is 5.90. The van der Waals surface area contributed by atoms with Crippen LogP contribution in [0.25, 0.3) is 0 Å². The van der Waals surface area contributed by atoms with Crippen LogP contribution in [0.3, 0.4) is 0 Å². The van der Waals surface area contributed by atoms with Crippen LogP contribution in [0, 0.1) is 0 Å². The predicted molar refractivity (Wildman–Crippen MR) is 86.3 cm³/mol. The van der Waals surface area contributed by atoms with Crippen molar-refractivity contribution in [3.05, 3.63) is 28.2 Å². The summed E-state index contributed by atoms with van der Waals surface area (Å²) in [5.41, 5.74) is 1.16. The average Bonchev–Trinajstić information content (AvgIpc) is 2.15. The van der Waals surface area contributed by atoms with E-state index in [-0.39, 0.29) is 0 Å². The third-order valence-corrected chi connectivity index (χ3v) is 4.73. The van der Waals surface area contributed by atoms with Gasteiger partial charge in [0.15, 0.2) is 8.32 Å². The standard InChI is InChI=1S/C13H23BrO2Si2/c1-17(2,3)15-10-11-9-12(7-8-13(11)14)16-18(4,5)6/h7-9H,10H2,1-6H3. The van der Waals surface area contributed by atoms with Gasteiger partial charge in [-0.3, -0.25) is 0 Å². The molecule has 1 aromatic carbocycles. The van der Waals surface area contributed by atoms with E-state index < -0.39 is 16.6 Å². The van der Waals surface area contributed by atoms with Gasteiger partial charge in [-0.2, -0.15) is 0 Å². The van der Waals surface area contributed by atoms with Gasteiger partial charge in [0.25, 0.3) is 0 Å². The van der Waals surface area contributed by atoms with Crippen molar-refractivity contribution in [1.29, 1.82) is 0 Å². The molecular weight excluding hydrogens is 324 g/mol. The first-order valence-electron chi connectivity index (χ1n) is 6.18. The summed E-state index contributed by atoms with van der Waals surface area (Å²) >= 11 is 3.57. The van der Waals surface area contributed by atoms with Gasteiger partial charge in [-0.25, -0.2) is 0 Å². The molecule has 0 heterocycles. The lowest BCUT2D eigenvalue weighted by Crippen LogP contribution is -2.29. The molecule has 1 aromatic rings. The molecule has 0 aliphatic heterocycles. The first kappa shape index (κ1) is 15.9. The molecule has 0 saturated carbocycles. The van der Waals surface area contributed by atoms with Crippen LogP contribution < -0.4 is 4.43 Å². The van der Waals surface area contributed by atoms with E-state index in [1.165, 1.54) is 0 Å². The summed E-state index contributed by atoms with van der Waals surface area (Å²) in [4.78, 5) is 0. The maximum absolute atomic E-state index is 6.00. The fourth-order valence-electron chi connectivity index (χ4n) is 1.37. The average molecular weight is 347 g/mol. The molecule has 0 bridgehead atoms. The van der Waals surface area contributed by atoms with Crippen molar-refractivity contribution in [2.45, 2.75) is 45.9 Å². The minimum absolute atomic E-state index is 0.652. The highest BCUT2D eigenvalue weighted by Crippen LogP contribution is 2.26. The van der Waals surface area contributed by atoms with E-state index in [0.717, 1.165) is 15.8 Å². The summed E-state index contributed by atoms with van der Waals surface area (Å²) in [5, 5.41) is 0. The topological polar surface area (TPSA) is 18.5 Å². The van der Waals surface area contributed by atoms with Crippen LogP contribution in [0.4, 0.5) is 0 Å². The summed E-state index contributed by atoms with van der Waals surface area (Å²) < 4.78 is 13.0. The van der Waals surface area contributed by atoms with E-state index in [1.54, 1.807) is 0 Å². The Morgan fingerprint density at radius 2 is 1.61 bits per heavy atom. The van der Waals surface area contributed by atoms with Gasteiger partial charge in [0.05, 0.1) is 6.61 Å². The van der Waals surface area contributed by atoms with Crippen molar-refractivity contribution in [3.63, 3.8) is 0 Å². The Hall–Kier alpha value is -0.106. The maximum Gasteiger partial charge on any atom is 0.242 e. The number of hydrogen-bond acceptors (Lipinski definition) is 2. The highest BCUT2D eigenvalue weighted by atomic mass is 79.9. The molecule has 0 radical (unpaired) electrons.